The van der Waals surface area contributed by atoms with Gasteiger partial charge in [0.15, 0.2) is 11.5 Å². The van der Waals surface area contributed by atoms with Gasteiger partial charge in [0.25, 0.3) is 0 Å². The maximum absolute atomic E-state index is 6.27. The molecule has 2 fully saturated rings. The number of halogens is 1. The summed E-state index contributed by atoms with van der Waals surface area (Å²) in [6.45, 7) is 9.34. The summed E-state index contributed by atoms with van der Waals surface area (Å²) >= 11 is 3.85. The van der Waals surface area contributed by atoms with E-state index in [0.717, 1.165) is 60.8 Å². The maximum atomic E-state index is 6.27. The zero-order valence-electron chi connectivity index (χ0n) is 17.0. The van der Waals surface area contributed by atoms with E-state index in [2.05, 4.69) is 47.7 Å². The highest BCUT2D eigenvalue weighted by atomic mass is 79.9. The maximum Gasteiger partial charge on any atom is 0.175 e. The van der Waals surface area contributed by atoms with Crippen LogP contribution in [0, 0.1) is 5.92 Å². The Bertz CT molecular complexity index is 696. The first-order chi connectivity index (χ1) is 12.9. The highest BCUT2D eigenvalue weighted by Gasteiger charge is 2.37. The van der Waals surface area contributed by atoms with Crippen molar-refractivity contribution in [2.24, 2.45) is 5.92 Å². The number of benzene rings is 1. The van der Waals surface area contributed by atoms with Crippen molar-refractivity contribution in [3.63, 3.8) is 0 Å². The average Bonchev–Trinajstić information content (AvgIpc) is 3.43. The lowest BCUT2D eigenvalue weighted by atomic mass is 9.85. The highest BCUT2D eigenvalue weighted by molar-refractivity contribution is 9.10. The van der Waals surface area contributed by atoms with Crippen molar-refractivity contribution < 1.29 is 14.2 Å². The van der Waals surface area contributed by atoms with Crippen molar-refractivity contribution in [2.45, 2.75) is 70.6 Å². The monoisotopic (exact) mass is 437 g/mol. The van der Waals surface area contributed by atoms with E-state index in [1.165, 1.54) is 24.0 Å². The van der Waals surface area contributed by atoms with Crippen LogP contribution in [0.2, 0.25) is 0 Å². The van der Waals surface area contributed by atoms with Crippen LogP contribution in [0.5, 0.6) is 11.5 Å². The lowest BCUT2D eigenvalue weighted by Crippen LogP contribution is -2.47. The van der Waals surface area contributed by atoms with Gasteiger partial charge in [0.05, 0.1) is 29.9 Å². The summed E-state index contributed by atoms with van der Waals surface area (Å²) in [5.41, 5.74) is 2.72. The Morgan fingerprint density at radius 3 is 2.63 bits per heavy atom. The predicted molar refractivity (Wildman–Crippen MR) is 111 cm³/mol. The third-order valence-corrected chi connectivity index (χ3v) is 6.71. The number of piperidine rings is 1. The number of rotatable bonds is 5. The summed E-state index contributed by atoms with van der Waals surface area (Å²) in [4.78, 5) is 2.60. The smallest absolute Gasteiger partial charge is 0.175 e. The highest BCUT2D eigenvalue weighted by Crippen LogP contribution is 2.47. The van der Waals surface area contributed by atoms with Gasteiger partial charge in [-0.15, -0.1) is 0 Å². The Kier molecular flexibility index (Phi) is 5.47. The second-order valence-corrected chi connectivity index (χ2v) is 10.0. The summed E-state index contributed by atoms with van der Waals surface area (Å²) < 4.78 is 19.2. The molecule has 4 rings (SSSR count). The van der Waals surface area contributed by atoms with Gasteiger partial charge in [-0.3, -0.25) is 4.90 Å². The molecule has 0 amide bonds. The summed E-state index contributed by atoms with van der Waals surface area (Å²) in [7, 11) is 1.74. The molecule has 0 N–H and O–H groups in total. The van der Waals surface area contributed by atoms with Crippen LogP contribution in [0.3, 0.4) is 0 Å². The van der Waals surface area contributed by atoms with Crippen LogP contribution in [0.25, 0.3) is 0 Å². The number of methoxy groups -OCH3 is 1. The lowest BCUT2D eigenvalue weighted by Gasteiger charge is -2.45. The second-order valence-electron chi connectivity index (χ2n) is 9.23. The Hall–Kier alpha value is -0.780. The fourth-order valence-corrected chi connectivity index (χ4v) is 5.18. The first kappa shape index (κ1) is 19.5. The van der Waals surface area contributed by atoms with E-state index in [1.54, 1.807) is 7.11 Å². The second kappa shape index (κ2) is 7.57. The van der Waals surface area contributed by atoms with E-state index in [-0.39, 0.29) is 5.60 Å². The van der Waals surface area contributed by atoms with Gasteiger partial charge in [-0.05, 0) is 91.9 Å². The fourth-order valence-electron chi connectivity index (χ4n) is 4.45. The Balaban J connectivity index is 1.56. The molecule has 0 aromatic heterocycles. The van der Waals surface area contributed by atoms with Crippen LogP contribution in [0.1, 0.15) is 63.6 Å². The summed E-state index contributed by atoms with van der Waals surface area (Å²) in [5.74, 6) is 2.48. The molecule has 5 heteroatoms. The lowest BCUT2D eigenvalue weighted by molar-refractivity contribution is -0.0971. The largest absolute Gasteiger partial charge is 0.493 e. The van der Waals surface area contributed by atoms with Gasteiger partial charge in [-0.1, -0.05) is 0 Å². The molecule has 1 aliphatic carbocycles. The molecule has 3 aliphatic rings. The number of ether oxygens (including phenoxy) is 3. The average molecular weight is 438 g/mol. The molecular weight excluding hydrogens is 406 g/mol. The van der Waals surface area contributed by atoms with Gasteiger partial charge in [-0.25, -0.2) is 0 Å². The molecule has 1 aromatic rings. The third kappa shape index (κ3) is 4.30. The zero-order chi connectivity index (χ0) is 19.2. The van der Waals surface area contributed by atoms with Crippen LogP contribution < -0.4 is 9.47 Å². The van der Waals surface area contributed by atoms with E-state index in [0.29, 0.717) is 12.1 Å². The van der Waals surface area contributed by atoms with Crippen LogP contribution in [0.4, 0.5) is 0 Å². The molecule has 0 radical (unpaired) electrons. The van der Waals surface area contributed by atoms with Crippen LogP contribution in [-0.4, -0.2) is 43.4 Å². The minimum absolute atomic E-state index is 0.0781. The Labute approximate surface area is 171 Å². The van der Waals surface area contributed by atoms with E-state index in [1.807, 2.05) is 0 Å². The SMILES string of the molecule is COc1cc2c(c(Br)c1OCC1CC1)CCN1CC(OC(C)(C)C)CCC21. The number of hydrogen-bond donors (Lipinski definition) is 0. The van der Waals surface area contributed by atoms with Crippen molar-refractivity contribution in [2.75, 3.05) is 26.8 Å². The molecule has 1 saturated heterocycles. The van der Waals surface area contributed by atoms with E-state index < -0.39 is 0 Å². The zero-order valence-corrected chi connectivity index (χ0v) is 18.6. The minimum Gasteiger partial charge on any atom is -0.493 e. The molecule has 0 bridgehead atoms. The van der Waals surface area contributed by atoms with Crippen LogP contribution in [-0.2, 0) is 11.2 Å². The minimum atomic E-state index is -0.0781. The number of fused-ring (bicyclic) bond motifs is 3. The molecule has 0 spiro atoms. The number of hydrogen-bond acceptors (Lipinski definition) is 4. The van der Waals surface area contributed by atoms with Crippen molar-refractivity contribution in [3.05, 3.63) is 21.7 Å². The quantitative estimate of drug-likeness (QED) is 0.638. The van der Waals surface area contributed by atoms with Crippen molar-refractivity contribution in [1.29, 1.82) is 0 Å². The normalized spacial score (nSPS) is 25.7. The molecule has 1 saturated carbocycles. The Morgan fingerprint density at radius 2 is 1.96 bits per heavy atom. The summed E-state index contributed by atoms with van der Waals surface area (Å²) in [5, 5.41) is 0. The fraction of sp³-hybridized carbons (Fsp3) is 0.727. The molecule has 2 atom stereocenters. The molecule has 2 unspecified atom stereocenters. The van der Waals surface area contributed by atoms with Gasteiger partial charge < -0.3 is 14.2 Å². The topological polar surface area (TPSA) is 30.9 Å². The molecule has 150 valence electrons. The molecule has 4 nitrogen and oxygen atoms in total. The third-order valence-electron chi connectivity index (χ3n) is 5.87. The van der Waals surface area contributed by atoms with Gasteiger partial charge in [0.1, 0.15) is 0 Å². The van der Waals surface area contributed by atoms with Crippen molar-refractivity contribution in [3.8, 4) is 11.5 Å². The van der Waals surface area contributed by atoms with E-state index in [9.17, 15) is 0 Å². The summed E-state index contributed by atoms with van der Waals surface area (Å²) in [6, 6.07) is 2.68. The molecule has 2 aliphatic heterocycles. The van der Waals surface area contributed by atoms with Crippen molar-refractivity contribution in [1.82, 2.24) is 4.90 Å². The predicted octanol–water partition coefficient (Wildman–Crippen LogP) is 5.12. The molecule has 2 heterocycles. The van der Waals surface area contributed by atoms with Gasteiger partial charge in [0.2, 0.25) is 0 Å². The first-order valence-corrected chi connectivity index (χ1v) is 11.1. The van der Waals surface area contributed by atoms with Crippen LogP contribution in [0.15, 0.2) is 10.5 Å². The van der Waals surface area contributed by atoms with Gasteiger partial charge in [0, 0.05) is 19.1 Å². The number of nitrogens with zero attached hydrogens (tertiary/aromatic N) is 1. The van der Waals surface area contributed by atoms with Gasteiger partial charge in [-0.2, -0.15) is 0 Å². The van der Waals surface area contributed by atoms with E-state index >= 15 is 0 Å². The molecule has 1 aromatic carbocycles. The molecular formula is C22H32BrNO3. The van der Waals surface area contributed by atoms with Gasteiger partial charge >= 0.3 is 0 Å². The van der Waals surface area contributed by atoms with Crippen molar-refractivity contribution >= 4 is 15.9 Å². The van der Waals surface area contributed by atoms with E-state index in [4.69, 9.17) is 14.2 Å². The molecule has 27 heavy (non-hydrogen) atoms. The van der Waals surface area contributed by atoms with Crippen LogP contribution >= 0.6 is 15.9 Å². The summed E-state index contributed by atoms with van der Waals surface area (Å²) in [6.07, 6.45) is 6.19. The Morgan fingerprint density at radius 1 is 1.19 bits per heavy atom. The standard InChI is InChI=1S/C22H32BrNO3/c1-22(2,3)27-15-7-8-18-17-11-19(25-4)21(26-13-14-5-6-14)20(23)16(17)9-10-24(18)12-15/h11,14-15,18H,5-10,12-13H2,1-4H3. The first-order valence-electron chi connectivity index (χ1n) is 10.3.